The van der Waals surface area contributed by atoms with Crippen molar-refractivity contribution in [2.45, 2.75) is 25.8 Å². The Morgan fingerprint density at radius 2 is 2.09 bits per heavy atom. The SMILES string of the molecule is CNCC(C)C(=O)N1CCC(NC(=O)c2ccsc2)CC1.Cl. The molecule has 0 radical (unpaired) electrons. The number of hydrogen-bond acceptors (Lipinski definition) is 4. The lowest BCUT2D eigenvalue weighted by atomic mass is 10.0. The van der Waals surface area contributed by atoms with Gasteiger partial charge in [-0.1, -0.05) is 6.92 Å². The number of likely N-dealkylation sites (tertiary alicyclic amines) is 1. The van der Waals surface area contributed by atoms with E-state index in [1.807, 2.05) is 35.7 Å². The van der Waals surface area contributed by atoms with Crippen LogP contribution in [0.2, 0.25) is 0 Å². The summed E-state index contributed by atoms with van der Waals surface area (Å²) in [6.45, 7) is 4.10. The molecular weight excluding hydrogens is 322 g/mol. The van der Waals surface area contributed by atoms with Crippen molar-refractivity contribution in [1.82, 2.24) is 15.5 Å². The zero-order valence-electron chi connectivity index (χ0n) is 13.0. The number of carbonyl (C=O) groups is 2. The van der Waals surface area contributed by atoms with Crippen molar-refractivity contribution in [3.63, 3.8) is 0 Å². The molecule has 22 heavy (non-hydrogen) atoms. The Morgan fingerprint density at radius 1 is 1.41 bits per heavy atom. The summed E-state index contributed by atoms with van der Waals surface area (Å²) in [5, 5.41) is 9.84. The van der Waals surface area contributed by atoms with E-state index in [9.17, 15) is 9.59 Å². The summed E-state index contributed by atoms with van der Waals surface area (Å²) in [5.74, 6) is 0.198. The molecule has 2 amide bonds. The van der Waals surface area contributed by atoms with Crippen molar-refractivity contribution in [2.24, 2.45) is 5.92 Å². The first-order chi connectivity index (χ1) is 10.1. The van der Waals surface area contributed by atoms with Crippen LogP contribution in [0.5, 0.6) is 0 Å². The highest BCUT2D eigenvalue weighted by molar-refractivity contribution is 7.08. The van der Waals surface area contributed by atoms with Gasteiger partial charge in [-0.15, -0.1) is 12.4 Å². The first-order valence-electron chi connectivity index (χ1n) is 7.38. The summed E-state index contributed by atoms with van der Waals surface area (Å²) in [7, 11) is 1.86. The highest BCUT2D eigenvalue weighted by Gasteiger charge is 2.26. The van der Waals surface area contributed by atoms with Crippen LogP contribution in [0.15, 0.2) is 16.8 Å². The Bertz CT molecular complexity index is 473. The van der Waals surface area contributed by atoms with Gasteiger partial charge in [0.05, 0.1) is 0 Å². The molecule has 1 unspecified atom stereocenters. The van der Waals surface area contributed by atoms with E-state index in [-0.39, 0.29) is 36.2 Å². The van der Waals surface area contributed by atoms with E-state index >= 15 is 0 Å². The molecule has 0 saturated carbocycles. The van der Waals surface area contributed by atoms with Gasteiger partial charge in [-0.25, -0.2) is 0 Å². The van der Waals surface area contributed by atoms with E-state index in [1.165, 1.54) is 11.3 Å². The number of amides is 2. The first-order valence-corrected chi connectivity index (χ1v) is 8.32. The van der Waals surface area contributed by atoms with Crippen LogP contribution in [-0.4, -0.2) is 49.4 Å². The van der Waals surface area contributed by atoms with Crippen molar-refractivity contribution in [3.8, 4) is 0 Å². The van der Waals surface area contributed by atoms with Gasteiger partial charge in [0, 0.05) is 42.5 Å². The molecule has 1 aromatic heterocycles. The lowest BCUT2D eigenvalue weighted by Gasteiger charge is -2.34. The monoisotopic (exact) mass is 345 g/mol. The van der Waals surface area contributed by atoms with Crippen LogP contribution in [-0.2, 0) is 4.79 Å². The second-order valence-electron chi connectivity index (χ2n) is 5.54. The number of thiophene rings is 1. The van der Waals surface area contributed by atoms with Crippen molar-refractivity contribution >= 4 is 35.6 Å². The number of nitrogens with zero attached hydrogens (tertiary/aromatic N) is 1. The maximum absolute atomic E-state index is 12.2. The maximum Gasteiger partial charge on any atom is 0.252 e. The van der Waals surface area contributed by atoms with Crippen LogP contribution in [0.3, 0.4) is 0 Å². The summed E-state index contributed by atoms with van der Waals surface area (Å²) in [4.78, 5) is 26.1. The predicted molar refractivity (Wildman–Crippen MR) is 91.7 cm³/mol. The fraction of sp³-hybridized carbons (Fsp3) is 0.600. The van der Waals surface area contributed by atoms with Gasteiger partial charge >= 0.3 is 0 Å². The van der Waals surface area contributed by atoms with Crippen molar-refractivity contribution < 1.29 is 9.59 Å². The molecule has 0 bridgehead atoms. The Kier molecular flexibility index (Phi) is 7.85. The summed E-state index contributed by atoms with van der Waals surface area (Å²) in [5.41, 5.74) is 0.723. The second kappa shape index (κ2) is 9.12. The molecule has 1 aliphatic heterocycles. The number of hydrogen-bond donors (Lipinski definition) is 2. The van der Waals surface area contributed by atoms with Crippen LogP contribution in [0.4, 0.5) is 0 Å². The van der Waals surface area contributed by atoms with Crippen LogP contribution >= 0.6 is 23.7 Å². The largest absolute Gasteiger partial charge is 0.349 e. The number of nitrogens with one attached hydrogen (secondary N) is 2. The molecule has 1 atom stereocenters. The zero-order chi connectivity index (χ0) is 15.2. The van der Waals surface area contributed by atoms with Crippen LogP contribution in [0.1, 0.15) is 30.1 Å². The fourth-order valence-corrected chi connectivity index (χ4v) is 3.25. The number of piperidine rings is 1. The standard InChI is InChI=1S/C15H23N3O2S.ClH/c1-11(9-16-2)15(20)18-6-3-13(4-7-18)17-14(19)12-5-8-21-10-12;/h5,8,10-11,13,16H,3-4,6-7,9H2,1-2H3,(H,17,19);1H. The van der Waals surface area contributed by atoms with E-state index in [0.717, 1.165) is 31.5 Å². The van der Waals surface area contributed by atoms with Gasteiger partial charge in [0.2, 0.25) is 5.91 Å². The van der Waals surface area contributed by atoms with Gasteiger partial charge in [0.25, 0.3) is 5.91 Å². The van der Waals surface area contributed by atoms with Gasteiger partial charge < -0.3 is 15.5 Å². The maximum atomic E-state index is 12.2. The molecule has 5 nitrogen and oxygen atoms in total. The first kappa shape index (κ1) is 18.9. The van der Waals surface area contributed by atoms with Crippen molar-refractivity contribution in [2.75, 3.05) is 26.7 Å². The van der Waals surface area contributed by atoms with E-state index in [1.54, 1.807) is 0 Å². The Morgan fingerprint density at radius 3 is 2.64 bits per heavy atom. The molecule has 2 heterocycles. The smallest absolute Gasteiger partial charge is 0.252 e. The third-order valence-corrected chi connectivity index (χ3v) is 4.54. The second-order valence-corrected chi connectivity index (χ2v) is 6.32. The Hall–Kier alpha value is -1.11. The molecule has 124 valence electrons. The van der Waals surface area contributed by atoms with Crippen LogP contribution in [0.25, 0.3) is 0 Å². The van der Waals surface area contributed by atoms with Gasteiger partial charge in [-0.2, -0.15) is 11.3 Å². The van der Waals surface area contributed by atoms with E-state index in [0.29, 0.717) is 6.54 Å². The molecule has 2 N–H and O–H groups in total. The predicted octanol–water partition coefficient (Wildman–Crippen LogP) is 1.75. The van der Waals surface area contributed by atoms with E-state index in [2.05, 4.69) is 10.6 Å². The highest BCUT2D eigenvalue weighted by Crippen LogP contribution is 2.14. The minimum Gasteiger partial charge on any atom is -0.349 e. The molecular formula is C15H24ClN3O2S. The molecule has 7 heteroatoms. The normalized spacial score (nSPS) is 16.7. The molecule has 2 rings (SSSR count). The lowest BCUT2D eigenvalue weighted by Crippen LogP contribution is -2.48. The van der Waals surface area contributed by atoms with Gasteiger partial charge in [0.1, 0.15) is 0 Å². The van der Waals surface area contributed by atoms with E-state index in [4.69, 9.17) is 0 Å². The molecule has 0 aliphatic carbocycles. The average molecular weight is 346 g/mol. The summed E-state index contributed by atoms with van der Waals surface area (Å²) in [6, 6.07) is 2.00. The molecule has 0 aromatic carbocycles. The lowest BCUT2D eigenvalue weighted by molar-refractivity contribution is -0.135. The zero-order valence-corrected chi connectivity index (χ0v) is 14.6. The third-order valence-electron chi connectivity index (χ3n) is 3.86. The number of carbonyl (C=O) groups excluding carboxylic acids is 2. The molecule has 1 aromatic rings. The average Bonchev–Trinajstić information content (AvgIpc) is 3.02. The Balaban J connectivity index is 0.00000242. The van der Waals surface area contributed by atoms with Gasteiger partial charge in [0.15, 0.2) is 0 Å². The summed E-state index contributed by atoms with van der Waals surface area (Å²) < 4.78 is 0. The summed E-state index contributed by atoms with van der Waals surface area (Å²) in [6.07, 6.45) is 1.65. The van der Waals surface area contributed by atoms with Gasteiger partial charge in [-0.3, -0.25) is 9.59 Å². The molecule has 1 saturated heterocycles. The Labute approximate surface area is 141 Å². The summed E-state index contributed by atoms with van der Waals surface area (Å²) >= 11 is 1.52. The minimum absolute atomic E-state index is 0. The molecule has 1 fully saturated rings. The quantitative estimate of drug-likeness (QED) is 0.854. The number of rotatable bonds is 5. The van der Waals surface area contributed by atoms with Crippen molar-refractivity contribution in [3.05, 3.63) is 22.4 Å². The number of halogens is 1. The molecule has 1 aliphatic rings. The third kappa shape index (κ3) is 4.97. The van der Waals surface area contributed by atoms with Crippen LogP contribution in [0, 0.1) is 5.92 Å². The van der Waals surface area contributed by atoms with Gasteiger partial charge in [-0.05, 0) is 31.3 Å². The van der Waals surface area contributed by atoms with E-state index < -0.39 is 0 Å². The fourth-order valence-electron chi connectivity index (χ4n) is 2.61. The molecule has 0 spiro atoms. The van der Waals surface area contributed by atoms with Crippen molar-refractivity contribution in [1.29, 1.82) is 0 Å². The topological polar surface area (TPSA) is 61.4 Å². The minimum atomic E-state index is -0.00965. The van der Waals surface area contributed by atoms with Crippen LogP contribution < -0.4 is 10.6 Å². The highest BCUT2D eigenvalue weighted by atomic mass is 35.5.